The molecule has 1 saturated heterocycles. The van der Waals surface area contributed by atoms with E-state index in [1.807, 2.05) is 24.3 Å². The zero-order valence-electron chi connectivity index (χ0n) is 15.7. The first-order valence-electron chi connectivity index (χ1n) is 9.69. The van der Waals surface area contributed by atoms with Crippen molar-refractivity contribution in [2.75, 3.05) is 23.4 Å². The average molecular weight is 457 g/mol. The van der Waals surface area contributed by atoms with Gasteiger partial charge in [0.05, 0.1) is 40.9 Å². The summed E-state index contributed by atoms with van der Waals surface area (Å²) < 4.78 is 2.47. The molecule has 0 radical (unpaired) electrons. The summed E-state index contributed by atoms with van der Waals surface area (Å²) in [6.45, 7) is 1.40. The van der Waals surface area contributed by atoms with E-state index < -0.39 is 0 Å². The average Bonchev–Trinajstić information content (AvgIpc) is 3.35. The number of hydrogen-bond acceptors (Lipinski definition) is 7. The van der Waals surface area contributed by atoms with Crippen LogP contribution in [0.1, 0.15) is 25.1 Å². The van der Waals surface area contributed by atoms with Gasteiger partial charge in [-0.15, -0.1) is 0 Å². The Morgan fingerprint density at radius 1 is 1.21 bits per heavy atom. The number of aromatic nitrogens is 6. The van der Waals surface area contributed by atoms with Crippen LogP contribution in [-0.4, -0.2) is 53.9 Å². The van der Waals surface area contributed by atoms with Crippen molar-refractivity contribution in [3.63, 3.8) is 0 Å². The molecule has 4 heterocycles. The van der Waals surface area contributed by atoms with Gasteiger partial charge in [0.2, 0.25) is 11.9 Å². The lowest BCUT2D eigenvalue weighted by Crippen LogP contribution is -2.43. The minimum atomic E-state index is 0.0381. The van der Waals surface area contributed by atoms with Crippen molar-refractivity contribution in [3.05, 3.63) is 40.8 Å². The monoisotopic (exact) mass is 456 g/mol. The maximum Gasteiger partial charge on any atom is 0.231 e. The predicted molar refractivity (Wildman–Crippen MR) is 114 cm³/mol. The maximum atomic E-state index is 9.79. The third-order valence-corrected chi connectivity index (χ3v) is 5.82. The van der Waals surface area contributed by atoms with Gasteiger partial charge in [-0.1, -0.05) is 12.1 Å². The molecular formula is C19H21BrN8O. The molecule has 1 aliphatic rings. The first-order valence-corrected chi connectivity index (χ1v) is 10.5. The van der Waals surface area contributed by atoms with Crippen molar-refractivity contribution < 1.29 is 5.11 Å². The Labute approximate surface area is 175 Å². The number of aromatic amines is 1. The van der Waals surface area contributed by atoms with Crippen molar-refractivity contribution >= 4 is 44.5 Å². The molecule has 9 nitrogen and oxygen atoms in total. The van der Waals surface area contributed by atoms with Gasteiger partial charge in [-0.05, 0) is 47.3 Å². The molecule has 3 N–H and O–H groups in total. The Hall–Kier alpha value is -2.72. The lowest BCUT2D eigenvalue weighted by molar-refractivity contribution is 0.239. The van der Waals surface area contributed by atoms with Gasteiger partial charge in [-0.3, -0.25) is 0 Å². The molecule has 1 aliphatic heterocycles. The summed E-state index contributed by atoms with van der Waals surface area (Å²) in [5.41, 5.74) is 2.61. The van der Waals surface area contributed by atoms with E-state index in [-0.39, 0.29) is 12.6 Å². The second-order valence-corrected chi connectivity index (χ2v) is 8.01. The van der Waals surface area contributed by atoms with Crippen LogP contribution >= 0.6 is 15.9 Å². The van der Waals surface area contributed by atoms with E-state index in [2.05, 4.69) is 41.2 Å². The van der Waals surface area contributed by atoms with E-state index in [0.29, 0.717) is 24.1 Å². The quantitative estimate of drug-likeness (QED) is 0.423. The Bertz CT molecular complexity index is 1120. The number of nitrogens with zero attached hydrogens (tertiary/aromatic N) is 6. The van der Waals surface area contributed by atoms with E-state index in [9.17, 15) is 5.11 Å². The summed E-state index contributed by atoms with van der Waals surface area (Å²) >= 11 is 3.52. The van der Waals surface area contributed by atoms with Crippen LogP contribution in [0.3, 0.4) is 0 Å². The van der Waals surface area contributed by atoms with Crippen LogP contribution in [0.15, 0.2) is 34.9 Å². The van der Waals surface area contributed by atoms with E-state index in [1.54, 1.807) is 10.7 Å². The number of H-pyrrole nitrogens is 1. The van der Waals surface area contributed by atoms with Crippen molar-refractivity contribution in [2.45, 2.75) is 31.8 Å². The molecule has 150 valence electrons. The fraction of sp³-hybridized carbons (Fsp3) is 0.368. The highest BCUT2D eigenvalue weighted by atomic mass is 79.9. The minimum absolute atomic E-state index is 0.0381. The molecule has 10 heteroatoms. The van der Waals surface area contributed by atoms with Crippen molar-refractivity contribution in [3.8, 4) is 0 Å². The number of aliphatic hydroxyl groups excluding tert-OH is 1. The van der Waals surface area contributed by atoms with E-state index in [0.717, 1.165) is 47.1 Å². The molecule has 1 fully saturated rings. The molecule has 4 aromatic rings. The van der Waals surface area contributed by atoms with Gasteiger partial charge in [-0.2, -0.15) is 19.6 Å². The second-order valence-electron chi connectivity index (χ2n) is 7.15. The fourth-order valence-corrected chi connectivity index (χ4v) is 4.14. The fourth-order valence-electron chi connectivity index (χ4n) is 3.79. The topological polar surface area (TPSA) is 107 Å². The highest BCUT2D eigenvalue weighted by molar-refractivity contribution is 9.10. The molecule has 1 atom stereocenters. The van der Waals surface area contributed by atoms with Gasteiger partial charge in [-0.25, -0.2) is 4.98 Å². The van der Waals surface area contributed by atoms with Crippen molar-refractivity contribution in [1.29, 1.82) is 0 Å². The van der Waals surface area contributed by atoms with Gasteiger partial charge >= 0.3 is 0 Å². The predicted octanol–water partition coefficient (Wildman–Crippen LogP) is 2.73. The Balaban J connectivity index is 1.48. The summed E-state index contributed by atoms with van der Waals surface area (Å²) in [4.78, 5) is 19.4. The molecule has 0 spiro atoms. The van der Waals surface area contributed by atoms with Crippen LogP contribution < -0.4 is 10.2 Å². The zero-order chi connectivity index (χ0) is 19.8. The Morgan fingerprint density at radius 2 is 2.10 bits per heavy atom. The lowest BCUT2D eigenvalue weighted by atomic mass is 10.0. The van der Waals surface area contributed by atoms with Crippen molar-refractivity contribution in [1.82, 2.24) is 29.5 Å². The summed E-state index contributed by atoms with van der Waals surface area (Å²) in [7, 11) is 0. The number of benzene rings is 1. The van der Waals surface area contributed by atoms with Crippen LogP contribution in [-0.2, 0) is 6.54 Å². The number of rotatable bonds is 5. The Morgan fingerprint density at radius 3 is 2.97 bits per heavy atom. The van der Waals surface area contributed by atoms with Gasteiger partial charge in [0.1, 0.15) is 5.82 Å². The standard InChI is InChI=1S/C19H21BrN8O/c20-13-9-22-28-17(13)25-19(27-8-4-3-5-12(27)11-29)26-18(28)21-10-16-23-14-6-1-2-7-15(14)24-16/h1-2,6-7,9,12,29H,3-5,8,10-11H2,(H,23,24)(H,21,25,26). The summed E-state index contributed by atoms with van der Waals surface area (Å²) in [5, 5.41) is 17.5. The second kappa shape index (κ2) is 7.60. The third kappa shape index (κ3) is 3.42. The van der Waals surface area contributed by atoms with Crippen LogP contribution in [0.2, 0.25) is 0 Å². The first kappa shape index (κ1) is 18.3. The third-order valence-electron chi connectivity index (χ3n) is 5.26. The lowest BCUT2D eigenvalue weighted by Gasteiger charge is -2.34. The number of nitrogens with one attached hydrogen (secondary N) is 2. The summed E-state index contributed by atoms with van der Waals surface area (Å²) in [6.07, 6.45) is 4.82. The Kier molecular flexibility index (Phi) is 4.80. The first-order chi connectivity index (χ1) is 14.2. The molecular weight excluding hydrogens is 436 g/mol. The van der Waals surface area contributed by atoms with E-state index in [4.69, 9.17) is 9.97 Å². The molecule has 29 heavy (non-hydrogen) atoms. The number of aliphatic hydroxyl groups is 1. The smallest absolute Gasteiger partial charge is 0.231 e. The molecule has 3 aromatic heterocycles. The molecule has 0 bridgehead atoms. The normalized spacial score (nSPS) is 17.3. The molecule has 5 rings (SSSR count). The maximum absolute atomic E-state index is 9.79. The minimum Gasteiger partial charge on any atom is -0.394 e. The molecule has 0 saturated carbocycles. The highest BCUT2D eigenvalue weighted by Gasteiger charge is 2.25. The number of fused-ring (bicyclic) bond motifs is 2. The van der Waals surface area contributed by atoms with Gasteiger partial charge < -0.3 is 20.3 Å². The van der Waals surface area contributed by atoms with Crippen LogP contribution in [0.5, 0.6) is 0 Å². The molecule has 1 unspecified atom stereocenters. The van der Waals surface area contributed by atoms with Crippen LogP contribution in [0.25, 0.3) is 16.7 Å². The molecule has 0 aliphatic carbocycles. The SMILES string of the molecule is OCC1CCCCN1c1nc(NCc2nc3ccccc3[nH]2)n2ncc(Br)c2n1. The number of halogens is 1. The zero-order valence-corrected chi connectivity index (χ0v) is 17.3. The van der Waals surface area contributed by atoms with Gasteiger partial charge in [0.15, 0.2) is 5.65 Å². The van der Waals surface area contributed by atoms with E-state index in [1.165, 1.54) is 0 Å². The summed E-state index contributed by atoms with van der Waals surface area (Å²) in [5.74, 6) is 2.00. The molecule has 0 amide bonds. The van der Waals surface area contributed by atoms with Crippen LogP contribution in [0, 0.1) is 0 Å². The number of anilines is 2. The van der Waals surface area contributed by atoms with Gasteiger partial charge in [0.25, 0.3) is 0 Å². The van der Waals surface area contributed by atoms with E-state index >= 15 is 0 Å². The number of piperidine rings is 1. The molecule has 1 aromatic carbocycles. The summed E-state index contributed by atoms with van der Waals surface area (Å²) in [6, 6.07) is 7.97. The van der Waals surface area contributed by atoms with Gasteiger partial charge in [0, 0.05) is 6.54 Å². The number of para-hydroxylation sites is 2. The number of hydrogen-bond donors (Lipinski definition) is 3. The van der Waals surface area contributed by atoms with Crippen molar-refractivity contribution in [2.24, 2.45) is 0 Å². The highest BCUT2D eigenvalue weighted by Crippen LogP contribution is 2.26. The number of imidazole rings is 1. The van der Waals surface area contributed by atoms with Crippen LogP contribution in [0.4, 0.5) is 11.9 Å². The largest absolute Gasteiger partial charge is 0.394 e.